The fraction of sp³-hybridized carbons (Fsp3) is 0.857. The SMILES string of the molecule is CCCCOC(=O)C(C)(C)CC(C)(CC)C(=O)OC.CCCCOC(=O)C(CC(C)C(=O)O[C@@H]1C[C@@H]2CCC1(C)C2(C)C)C(C(=O)O)C(CC)OC(C)=O. The molecule has 2 rings (SSSR count). The zero-order valence-corrected chi connectivity index (χ0v) is 35.6. The predicted octanol–water partition coefficient (Wildman–Crippen LogP) is 8.11. The van der Waals surface area contributed by atoms with Crippen LogP contribution in [0.5, 0.6) is 0 Å². The van der Waals surface area contributed by atoms with Crippen LogP contribution in [0.2, 0.25) is 0 Å². The fourth-order valence-corrected chi connectivity index (χ4v) is 8.21. The Morgan fingerprint density at radius 2 is 1.44 bits per heavy atom. The van der Waals surface area contributed by atoms with Gasteiger partial charge in [-0.3, -0.25) is 28.8 Å². The van der Waals surface area contributed by atoms with Gasteiger partial charge >= 0.3 is 35.8 Å². The third kappa shape index (κ3) is 12.4. The summed E-state index contributed by atoms with van der Waals surface area (Å²) in [7, 11) is 1.38. The van der Waals surface area contributed by atoms with E-state index >= 15 is 0 Å². The number of carboxylic acids is 1. The molecule has 6 unspecified atom stereocenters. The van der Waals surface area contributed by atoms with Crippen LogP contribution in [0, 0.1) is 45.3 Å². The second-order valence-electron chi connectivity index (χ2n) is 17.2. The van der Waals surface area contributed by atoms with Gasteiger partial charge in [-0.2, -0.15) is 0 Å². The van der Waals surface area contributed by atoms with Crippen molar-refractivity contribution in [3.05, 3.63) is 0 Å². The van der Waals surface area contributed by atoms with Crippen molar-refractivity contribution in [2.75, 3.05) is 20.3 Å². The number of esters is 5. The molecule has 0 aromatic carbocycles. The van der Waals surface area contributed by atoms with E-state index in [4.69, 9.17) is 23.7 Å². The van der Waals surface area contributed by atoms with Crippen LogP contribution in [0.25, 0.3) is 0 Å². The van der Waals surface area contributed by atoms with Gasteiger partial charge in [0.1, 0.15) is 18.1 Å². The first-order valence-corrected chi connectivity index (χ1v) is 20.1. The molecule has 1 N–H and O–H groups in total. The number of aliphatic carboxylic acids is 1. The van der Waals surface area contributed by atoms with E-state index < -0.39 is 58.6 Å². The van der Waals surface area contributed by atoms with Gasteiger partial charge in [0.05, 0.1) is 43.0 Å². The Labute approximate surface area is 324 Å². The van der Waals surface area contributed by atoms with Crippen molar-refractivity contribution in [1.29, 1.82) is 0 Å². The van der Waals surface area contributed by atoms with Crippen molar-refractivity contribution >= 4 is 35.8 Å². The maximum absolute atomic E-state index is 13.1. The lowest BCUT2D eigenvalue weighted by Gasteiger charge is -2.39. The van der Waals surface area contributed by atoms with Crippen molar-refractivity contribution in [3.8, 4) is 0 Å². The van der Waals surface area contributed by atoms with E-state index in [0.717, 1.165) is 38.5 Å². The van der Waals surface area contributed by atoms with Gasteiger partial charge in [-0.25, -0.2) is 0 Å². The highest BCUT2D eigenvalue weighted by Gasteiger charge is 2.63. The number of unbranched alkanes of at least 4 members (excludes halogenated alkanes) is 2. The number of rotatable bonds is 21. The van der Waals surface area contributed by atoms with Gasteiger partial charge in [0.25, 0.3) is 0 Å². The highest BCUT2D eigenvalue weighted by atomic mass is 16.6. The van der Waals surface area contributed by atoms with Crippen LogP contribution in [0.1, 0.15) is 154 Å². The molecule has 12 heteroatoms. The molecule has 0 heterocycles. The van der Waals surface area contributed by atoms with Crippen LogP contribution in [-0.4, -0.2) is 73.5 Å². The summed E-state index contributed by atoms with van der Waals surface area (Å²) in [6.45, 7) is 23.2. The van der Waals surface area contributed by atoms with Crippen LogP contribution in [-0.2, 0) is 52.5 Å². The topological polar surface area (TPSA) is 169 Å². The Hall–Kier alpha value is -3.18. The number of fused-ring (bicyclic) bond motifs is 2. The van der Waals surface area contributed by atoms with Gasteiger partial charge < -0.3 is 28.8 Å². The Morgan fingerprint density at radius 1 is 0.870 bits per heavy atom. The molecule has 8 atom stereocenters. The fourth-order valence-electron chi connectivity index (χ4n) is 8.21. The van der Waals surface area contributed by atoms with E-state index in [-0.39, 0.29) is 48.3 Å². The van der Waals surface area contributed by atoms with Gasteiger partial charge in [0.15, 0.2) is 0 Å². The van der Waals surface area contributed by atoms with Crippen molar-refractivity contribution in [1.82, 2.24) is 0 Å². The molecular weight excluding hydrogens is 696 g/mol. The van der Waals surface area contributed by atoms with Crippen LogP contribution < -0.4 is 0 Å². The average molecular weight is 769 g/mol. The average Bonchev–Trinajstić information content (AvgIpc) is 3.43. The van der Waals surface area contributed by atoms with E-state index in [1.807, 2.05) is 41.5 Å². The molecule has 312 valence electrons. The minimum absolute atomic E-state index is 0.0607. The number of hydrogen-bond donors (Lipinski definition) is 1. The van der Waals surface area contributed by atoms with Crippen LogP contribution in [0.4, 0.5) is 0 Å². The lowest BCUT2D eigenvalue weighted by Crippen LogP contribution is -2.43. The smallest absolute Gasteiger partial charge is 0.311 e. The molecule has 12 nitrogen and oxygen atoms in total. The van der Waals surface area contributed by atoms with E-state index in [0.29, 0.717) is 31.8 Å². The second kappa shape index (κ2) is 21.2. The summed E-state index contributed by atoms with van der Waals surface area (Å²) in [5, 5.41) is 10.0. The highest BCUT2D eigenvalue weighted by Crippen LogP contribution is 2.66. The summed E-state index contributed by atoms with van der Waals surface area (Å²) in [5.41, 5.74) is -1.36. The predicted molar refractivity (Wildman–Crippen MR) is 204 cm³/mol. The zero-order valence-electron chi connectivity index (χ0n) is 35.6. The van der Waals surface area contributed by atoms with Crippen LogP contribution in [0.3, 0.4) is 0 Å². The number of ether oxygens (including phenoxy) is 5. The first-order valence-electron chi connectivity index (χ1n) is 20.1. The Kier molecular flexibility index (Phi) is 19.2. The Bertz CT molecular complexity index is 1270. The van der Waals surface area contributed by atoms with Crippen molar-refractivity contribution in [2.24, 2.45) is 45.3 Å². The molecular formula is C42H72O12. The van der Waals surface area contributed by atoms with Gasteiger partial charge in [0, 0.05) is 12.3 Å². The third-order valence-electron chi connectivity index (χ3n) is 12.4. The molecule has 0 aromatic heterocycles. The largest absolute Gasteiger partial charge is 0.481 e. The Balaban J connectivity index is 0.000000650. The van der Waals surface area contributed by atoms with E-state index in [1.165, 1.54) is 14.0 Å². The molecule has 2 saturated carbocycles. The monoisotopic (exact) mass is 769 g/mol. The van der Waals surface area contributed by atoms with E-state index in [9.17, 15) is 33.9 Å². The standard InChI is InChI=1S/C27H44O8.C15H28O4/c1-8-10-13-33-25(32)19(22(23(29)30)20(9-2)34-17(4)28)14-16(3)24(31)35-21-15-18-11-12-27(21,7)26(18,5)6;1-7-9-10-19-12(16)14(3,4)11-15(5,8-2)13(17)18-6/h16,18-22H,8-15H2,1-7H3,(H,29,30);7-11H2,1-6H3/t16?,18-,19?,20?,21+,22?,27?;/m0./s1. The maximum atomic E-state index is 13.1. The number of carbonyl (C=O) groups is 6. The van der Waals surface area contributed by atoms with Crippen LogP contribution in [0.15, 0.2) is 0 Å². The summed E-state index contributed by atoms with van der Waals surface area (Å²) in [6.07, 6.45) is 6.28. The summed E-state index contributed by atoms with van der Waals surface area (Å²) in [5.74, 6) is -6.22. The molecule has 54 heavy (non-hydrogen) atoms. The normalized spacial score (nSPS) is 23.3. The molecule has 0 spiro atoms. The number of carbonyl (C=O) groups excluding carboxylic acids is 5. The number of methoxy groups -OCH3 is 1. The van der Waals surface area contributed by atoms with Crippen molar-refractivity contribution in [3.63, 3.8) is 0 Å². The lowest BCUT2D eigenvalue weighted by atomic mass is 9.70. The number of hydrogen-bond acceptors (Lipinski definition) is 11. The summed E-state index contributed by atoms with van der Waals surface area (Å²) in [4.78, 5) is 74.0. The first-order chi connectivity index (χ1) is 25.0. The quantitative estimate of drug-likeness (QED) is 0.0677. The van der Waals surface area contributed by atoms with Gasteiger partial charge in [-0.1, -0.05) is 68.2 Å². The molecule has 0 aromatic rings. The van der Waals surface area contributed by atoms with Gasteiger partial charge in [-0.15, -0.1) is 0 Å². The highest BCUT2D eigenvalue weighted by molar-refractivity contribution is 5.83. The molecule has 0 amide bonds. The summed E-state index contributed by atoms with van der Waals surface area (Å²) < 4.78 is 26.7. The zero-order chi connectivity index (χ0) is 41.7. The molecule has 2 aliphatic carbocycles. The van der Waals surface area contributed by atoms with Crippen molar-refractivity contribution < 1.29 is 57.6 Å². The number of carboxylic acid groups (broad SMARTS) is 1. The minimum Gasteiger partial charge on any atom is -0.481 e. The van der Waals surface area contributed by atoms with E-state index in [2.05, 4.69) is 20.8 Å². The maximum Gasteiger partial charge on any atom is 0.311 e. The molecule has 2 bridgehead atoms. The third-order valence-corrected chi connectivity index (χ3v) is 12.4. The lowest BCUT2D eigenvalue weighted by molar-refractivity contribution is -0.172. The Morgan fingerprint density at radius 3 is 1.87 bits per heavy atom. The molecule has 2 aliphatic rings. The molecule has 2 fully saturated rings. The van der Waals surface area contributed by atoms with Crippen molar-refractivity contribution in [2.45, 2.75) is 166 Å². The first kappa shape index (κ1) is 48.8. The van der Waals surface area contributed by atoms with Crippen LogP contribution >= 0.6 is 0 Å². The van der Waals surface area contributed by atoms with E-state index in [1.54, 1.807) is 13.8 Å². The molecule has 0 aliphatic heterocycles. The molecule has 0 radical (unpaired) electrons. The van der Waals surface area contributed by atoms with Gasteiger partial charge in [0.2, 0.25) is 0 Å². The summed E-state index contributed by atoms with van der Waals surface area (Å²) in [6, 6.07) is 0. The molecule has 0 saturated heterocycles. The summed E-state index contributed by atoms with van der Waals surface area (Å²) >= 11 is 0. The van der Waals surface area contributed by atoms with Gasteiger partial charge in [-0.05, 0) is 89.9 Å². The minimum atomic E-state index is -1.33. The second-order valence-corrected chi connectivity index (χ2v) is 17.2.